The number of likely N-dealkylation sites (N-methyl/N-ethyl adjacent to an activating group) is 1. The van der Waals surface area contributed by atoms with E-state index in [1.807, 2.05) is 0 Å². The van der Waals surface area contributed by atoms with Crippen molar-refractivity contribution in [2.24, 2.45) is 0 Å². The third kappa shape index (κ3) is 2.36. The summed E-state index contributed by atoms with van der Waals surface area (Å²) in [6.45, 7) is 0.156. The molecular formula is C9H11BrFNO2. The van der Waals surface area contributed by atoms with Gasteiger partial charge in [-0.1, -0.05) is 15.9 Å². The van der Waals surface area contributed by atoms with Crippen molar-refractivity contribution in [1.82, 2.24) is 5.32 Å². The zero-order valence-corrected chi connectivity index (χ0v) is 9.18. The Balaban J connectivity index is 3.02. The molecule has 78 valence electrons. The molecule has 0 saturated heterocycles. The van der Waals surface area contributed by atoms with Gasteiger partial charge in [0.05, 0.1) is 0 Å². The minimum Gasteiger partial charge on any atom is -0.504 e. The summed E-state index contributed by atoms with van der Waals surface area (Å²) in [7, 11) is 1.64. The number of hydrogen-bond donors (Lipinski definition) is 3. The van der Waals surface area contributed by atoms with E-state index in [0.717, 1.165) is 0 Å². The van der Waals surface area contributed by atoms with Gasteiger partial charge < -0.3 is 15.5 Å². The Morgan fingerprint density at radius 2 is 2.00 bits per heavy atom. The molecule has 0 heterocycles. The molecule has 0 bridgehead atoms. The fourth-order valence-electron chi connectivity index (χ4n) is 1.10. The summed E-state index contributed by atoms with van der Waals surface area (Å²) in [6, 6.07) is 2.48. The summed E-state index contributed by atoms with van der Waals surface area (Å²) >= 11 is 3.11. The van der Waals surface area contributed by atoms with Gasteiger partial charge in [0.25, 0.3) is 0 Å². The number of aromatic hydroxyl groups is 2. The Labute approximate surface area is 89.7 Å². The van der Waals surface area contributed by atoms with E-state index in [9.17, 15) is 9.50 Å². The lowest BCUT2D eigenvalue weighted by atomic mass is 10.1. The topological polar surface area (TPSA) is 52.5 Å². The van der Waals surface area contributed by atoms with Crippen LogP contribution < -0.4 is 5.32 Å². The molecule has 3 nitrogen and oxygen atoms in total. The third-order valence-electron chi connectivity index (χ3n) is 1.81. The highest BCUT2D eigenvalue weighted by Crippen LogP contribution is 2.35. The highest BCUT2D eigenvalue weighted by Gasteiger charge is 2.15. The van der Waals surface area contributed by atoms with Gasteiger partial charge in [0.15, 0.2) is 11.5 Å². The average Bonchev–Trinajstić information content (AvgIpc) is 2.11. The fourth-order valence-corrected chi connectivity index (χ4v) is 1.68. The Bertz CT molecular complexity index is 333. The van der Waals surface area contributed by atoms with Gasteiger partial charge in [-0.25, -0.2) is 4.39 Å². The molecule has 0 aliphatic rings. The molecule has 0 aromatic heterocycles. The molecule has 0 spiro atoms. The van der Waals surface area contributed by atoms with Gasteiger partial charge in [0.2, 0.25) is 0 Å². The lowest BCUT2D eigenvalue weighted by Gasteiger charge is -2.11. The van der Waals surface area contributed by atoms with Crippen LogP contribution >= 0.6 is 15.9 Å². The van der Waals surface area contributed by atoms with Crippen LogP contribution in [0.1, 0.15) is 11.7 Å². The summed E-state index contributed by atoms with van der Waals surface area (Å²) in [5, 5.41) is 21.0. The highest BCUT2D eigenvalue weighted by molar-refractivity contribution is 9.10. The van der Waals surface area contributed by atoms with E-state index < -0.39 is 6.17 Å². The Kier molecular flexibility index (Phi) is 3.71. The molecule has 5 heteroatoms. The van der Waals surface area contributed by atoms with Gasteiger partial charge in [0.1, 0.15) is 6.17 Å². The first kappa shape index (κ1) is 11.3. The van der Waals surface area contributed by atoms with Crippen molar-refractivity contribution in [3.63, 3.8) is 0 Å². The second kappa shape index (κ2) is 4.61. The number of halogens is 2. The first-order valence-corrected chi connectivity index (χ1v) is 4.85. The maximum Gasteiger partial charge on any atom is 0.158 e. The molecule has 14 heavy (non-hydrogen) atoms. The molecule has 0 amide bonds. The van der Waals surface area contributed by atoms with Crippen molar-refractivity contribution in [1.29, 1.82) is 0 Å². The first-order chi connectivity index (χ1) is 6.56. The summed E-state index contributed by atoms with van der Waals surface area (Å²) in [5.74, 6) is -0.584. The molecule has 1 aromatic carbocycles. The van der Waals surface area contributed by atoms with Crippen LogP contribution in [0.5, 0.6) is 11.5 Å². The summed E-state index contributed by atoms with van der Waals surface area (Å²) in [4.78, 5) is 0. The standard InChI is InChI=1S/C9H11BrFNO2/c1-12-4-7(11)5-2-8(13)9(14)3-6(5)10/h2-3,7,12-14H,4H2,1H3. The molecule has 0 aliphatic carbocycles. The number of rotatable bonds is 3. The van der Waals surface area contributed by atoms with Crippen molar-refractivity contribution < 1.29 is 14.6 Å². The van der Waals surface area contributed by atoms with Crippen LogP contribution in [0.4, 0.5) is 4.39 Å². The Morgan fingerprint density at radius 3 is 2.57 bits per heavy atom. The van der Waals surface area contributed by atoms with Crippen LogP contribution in [0.15, 0.2) is 16.6 Å². The number of alkyl halides is 1. The van der Waals surface area contributed by atoms with E-state index in [0.29, 0.717) is 10.0 Å². The van der Waals surface area contributed by atoms with E-state index in [1.54, 1.807) is 7.05 Å². The Morgan fingerprint density at radius 1 is 1.43 bits per heavy atom. The molecule has 1 aromatic rings. The van der Waals surface area contributed by atoms with Crippen LogP contribution in [0.2, 0.25) is 0 Å². The minimum absolute atomic E-state index is 0.156. The monoisotopic (exact) mass is 263 g/mol. The molecule has 0 radical (unpaired) electrons. The molecule has 0 aliphatic heterocycles. The number of nitrogens with one attached hydrogen (secondary N) is 1. The van der Waals surface area contributed by atoms with Gasteiger partial charge in [-0.3, -0.25) is 0 Å². The fraction of sp³-hybridized carbons (Fsp3) is 0.333. The van der Waals surface area contributed by atoms with Crippen molar-refractivity contribution in [2.75, 3.05) is 13.6 Å². The van der Waals surface area contributed by atoms with Crippen molar-refractivity contribution >= 4 is 15.9 Å². The molecule has 0 saturated carbocycles. The maximum atomic E-state index is 13.4. The largest absolute Gasteiger partial charge is 0.504 e. The van der Waals surface area contributed by atoms with Crippen LogP contribution in [0.3, 0.4) is 0 Å². The second-order valence-corrected chi connectivity index (χ2v) is 3.74. The molecule has 1 unspecified atom stereocenters. The molecule has 1 rings (SSSR count). The Hall–Kier alpha value is -0.810. The predicted molar refractivity (Wildman–Crippen MR) is 55.2 cm³/mol. The van der Waals surface area contributed by atoms with Crippen molar-refractivity contribution in [3.8, 4) is 11.5 Å². The van der Waals surface area contributed by atoms with Gasteiger partial charge in [0, 0.05) is 16.6 Å². The van der Waals surface area contributed by atoms with Gasteiger partial charge in [-0.05, 0) is 19.2 Å². The zero-order valence-electron chi connectivity index (χ0n) is 7.59. The van der Waals surface area contributed by atoms with E-state index in [1.165, 1.54) is 12.1 Å². The second-order valence-electron chi connectivity index (χ2n) is 2.89. The molecule has 1 atom stereocenters. The van der Waals surface area contributed by atoms with Gasteiger partial charge >= 0.3 is 0 Å². The lowest BCUT2D eigenvalue weighted by Crippen LogP contribution is -2.14. The zero-order chi connectivity index (χ0) is 10.7. The summed E-state index contributed by atoms with van der Waals surface area (Å²) in [5.41, 5.74) is 0.314. The SMILES string of the molecule is CNCC(F)c1cc(O)c(O)cc1Br. The maximum absolute atomic E-state index is 13.4. The highest BCUT2D eigenvalue weighted by atomic mass is 79.9. The molecule has 0 fully saturated rings. The summed E-state index contributed by atoms with van der Waals surface area (Å²) < 4.78 is 13.9. The van der Waals surface area contributed by atoms with Crippen LogP contribution in [0, 0.1) is 0 Å². The van der Waals surface area contributed by atoms with E-state index in [2.05, 4.69) is 21.2 Å². The van der Waals surface area contributed by atoms with Crippen molar-refractivity contribution in [2.45, 2.75) is 6.17 Å². The third-order valence-corrected chi connectivity index (χ3v) is 2.50. The number of phenolic OH excluding ortho intramolecular Hbond substituents is 2. The first-order valence-electron chi connectivity index (χ1n) is 4.06. The summed E-state index contributed by atoms with van der Waals surface area (Å²) in [6.07, 6.45) is -1.22. The number of benzene rings is 1. The van der Waals surface area contributed by atoms with E-state index in [4.69, 9.17) is 5.11 Å². The van der Waals surface area contributed by atoms with Crippen LogP contribution in [-0.4, -0.2) is 23.8 Å². The van der Waals surface area contributed by atoms with Gasteiger partial charge in [-0.15, -0.1) is 0 Å². The van der Waals surface area contributed by atoms with Crippen molar-refractivity contribution in [3.05, 3.63) is 22.2 Å². The predicted octanol–water partition coefficient (Wildman–Crippen LogP) is 2.09. The number of phenols is 2. The smallest absolute Gasteiger partial charge is 0.158 e. The van der Waals surface area contributed by atoms with Crippen LogP contribution in [-0.2, 0) is 0 Å². The molecular weight excluding hydrogens is 253 g/mol. The average molecular weight is 264 g/mol. The normalized spacial score (nSPS) is 12.8. The van der Waals surface area contributed by atoms with Crippen LogP contribution in [0.25, 0.3) is 0 Å². The lowest BCUT2D eigenvalue weighted by molar-refractivity contribution is 0.331. The minimum atomic E-state index is -1.22. The number of hydrogen-bond acceptors (Lipinski definition) is 3. The van der Waals surface area contributed by atoms with Gasteiger partial charge in [-0.2, -0.15) is 0 Å². The van der Waals surface area contributed by atoms with E-state index >= 15 is 0 Å². The quantitative estimate of drug-likeness (QED) is 0.733. The van der Waals surface area contributed by atoms with E-state index in [-0.39, 0.29) is 18.0 Å². The molecule has 3 N–H and O–H groups in total.